The number of thiophene rings is 1. The Bertz CT molecular complexity index is 594. The fourth-order valence-electron chi connectivity index (χ4n) is 1.37. The van der Waals surface area contributed by atoms with Gasteiger partial charge in [0.05, 0.1) is 10.0 Å². The van der Waals surface area contributed by atoms with Crippen molar-refractivity contribution in [3.8, 4) is 11.3 Å². The molecule has 76 valence electrons. The first-order valence-corrected chi connectivity index (χ1v) is 6.56. The second kappa shape index (κ2) is 3.49. The summed E-state index contributed by atoms with van der Waals surface area (Å²) in [5.74, 6) is 0. The monoisotopic (exact) mass is 274 g/mol. The maximum absolute atomic E-state index is 6.06. The maximum Gasteiger partial charge on any atom is 0.194 e. The molecule has 3 rings (SSSR count). The highest BCUT2D eigenvalue weighted by atomic mass is 35.5. The van der Waals surface area contributed by atoms with Crippen molar-refractivity contribution >= 4 is 50.8 Å². The molecule has 0 bridgehead atoms. The third kappa shape index (κ3) is 1.58. The van der Waals surface area contributed by atoms with Crippen LogP contribution in [-0.4, -0.2) is 9.38 Å². The highest BCUT2D eigenvalue weighted by molar-refractivity contribution is 7.20. The summed E-state index contributed by atoms with van der Waals surface area (Å²) in [5.41, 5.74) is 1.78. The quantitative estimate of drug-likeness (QED) is 0.642. The number of halogens is 2. The molecule has 6 heteroatoms. The smallest absolute Gasteiger partial charge is 0.194 e. The van der Waals surface area contributed by atoms with Crippen LogP contribution in [0, 0.1) is 0 Å². The zero-order valence-electron chi connectivity index (χ0n) is 7.28. The summed E-state index contributed by atoms with van der Waals surface area (Å²) < 4.78 is 3.35. The van der Waals surface area contributed by atoms with Gasteiger partial charge < -0.3 is 0 Å². The summed E-state index contributed by atoms with van der Waals surface area (Å²) in [6.07, 6.45) is 3.93. The minimum Gasteiger partial charge on any atom is -0.297 e. The van der Waals surface area contributed by atoms with Gasteiger partial charge in [-0.15, -0.1) is 22.7 Å². The van der Waals surface area contributed by atoms with E-state index in [0.717, 1.165) is 16.2 Å². The zero-order chi connectivity index (χ0) is 10.4. The summed E-state index contributed by atoms with van der Waals surface area (Å²) in [4.78, 5) is 5.42. The minimum absolute atomic E-state index is 0.686. The highest BCUT2D eigenvalue weighted by Crippen LogP contribution is 2.37. The maximum atomic E-state index is 6.06. The van der Waals surface area contributed by atoms with Crippen LogP contribution in [-0.2, 0) is 0 Å². The fraction of sp³-hybridized carbons (Fsp3) is 0. The molecule has 0 aromatic carbocycles. The van der Waals surface area contributed by atoms with Crippen molar-refractivity contribution < 1.29 is 0 Å². The lowest BCUT2D eigenvalue weighted by Crippen LogP contribution is -1.72. The number of hydrogen-bond donors (Lipinski definition) is 0. The fourth-order valence-corrected chi connectivity index (χ4v) is 3.55. The summed E-state index contributed by atoms with van der Waals surface area (Å²) in [5, 5.41) is 1.99. The van der Waals surface area contributed by atoms with Gasteiger partial charge in [0.15, 0.2) is 4.96 Å². The Balaban J connectivity index is 2.21. The van der Waals surface area contributed by atoms with Gasteiger partial charge in [0, 0.05) is 23.3 Å². The minimum atomic E-state index is 0.686. The number of thiazole rings is 1. The lowest BCUT2D eigenvalue weighted by atomic mass is 10.3. The molecule has 0 aliphatic heterocycles. The Labute approximate surface area is 104 Å². The van der Waals surface area contributed by atoms with Crippen molar-refractivity contribution in [1.82, 2.24) is 9.38 Å². The molecule has 0 unspecified atom stereocenters. The van der Waals surface area contributed by atoms with Crippen molar-refractivity contribution in [2.45, 2.75) is 0 Å². The van der Waals surface area contributed by atoms with Crippen LogP contribution in [0.5, 0.6) is 0 Å². The van der Waals surface area contributed by atoms with E-state index in [1.807, 2.05) is 28.2 Å². The summed E-state index contributed by atoms with van der Waals surface area (Å²) >= 11 is 14.9. The topological polar surface area (TPSA) is 17.3 Å². The predicted molar refractivity (Wildman–Crippen MR) is 66.4 cm³/mol. The van der Waals surface area contributed by atoms with Gasteiger partial charge in [0.25, 0.3) is 0 Å². The molecule has 0 aliphatic carbocycles. The number of hydrogen-bond acceptors (Lipinski definition) is 3. The van der Waals surface area contributed by atoms with E-state index in [9.17, 15) is 0 Å². The molecule has 0 aliphatic rings. The summed E-state index contributed by atoms with van der Waals surface area (Å²) in [6.45, 7) is 0. The molecule has 0 spiro atoms. The molecule has 0 atom stereocenters. The molecular weight excluding hydrogens is 271 g/mol. The van der Waals surface area contributed by atoms with E-state index in [0.29, 0.717) is 8.67 Å². The Morgan fingerprint density at radius 1 is 1.33 bits per heavy atom. The average molecular weight is 275 g/mol. The molecule has 3 heterocycles. The van der Waals surface area contributed by atoms with Gasteiger partial charge in [-0.05, 0) is 6.07 Å². The van der Waals surface area contributed by atoms with Crippen LogP contribution >= 0.6 is 45.9 Å². The number of fused-ring (bicyclic) bond motifs is 1. The zero-order valence-corrected chi connectivity index (χ0v) is 10.4. The van der Waals surface area contributed by atoms with E-state index < -0.39 is 0 Å². The number of rotatable bonds is 1. The van der Waals surface area contributed by atoms with E-state index in [4.69, 9.17) is 23.2 Å². The SMILES string of the molecule is Clc1cc(-c2cn3ccsc3n2)c(Cl)s1. The summed E-state index contributed by atoms with van der Waals surface area (Å²) in [7, 11) is 0. The average Bonchev–Trinajstić information content (AvgIpc) is 2.77. The van der Waals surface area contributed by atoms with Crippen molar-refractivity contribution in [1.29, 1.82) is 0 Å². The Morgan fingerprint density at radius 3 is 2.87 bits per heavy atom. The molecule has 0 saturated carbocycles. The van der Waals surface area contributed by atoms with E-state index in [2.05, 4.69) is 4.98 Å². The van der Waals surface area contributed by atoms with Crippen molar-refractivity contribution in [3.05, 3.63) is 32.5 Å². The highest BCUT2D eigenvalue weighted by Gasteiger charge is 2.12. The second-order valence-corrected chi connectivity index (χ2v) is 6.12. The molecule has 0 radical (unpaired) electrons. The van der Waals surface area contributed by atoms with Gasteiger partial charge >= 0.3 is 0 Å². The number of nitrogens with zero attached hydrogens (tertiary/aromatic N) is 2. The van der Waals surface area contributed by atoms with Gasteiger partial charge in [-0.3, -0.25) is 4.40 Å². The molecule has 2 nitrogen and oxygen atoms in total. The number of imidazole rings is 1. The first-order chi connectivity index (χ1) is 7.24. The van der Waals surface area contributed by atoms with Gasteiger partial charge in [0.2, 0.25) is 0 Å². The molecule has 0 amide bonds. The van der Waals surface area contributed by atoms with Crippen LogP contribution < -0.4 is 0 Å². The third-order valence-corrected chi connectivity index (χ3v) is 4.28. The van der Waals surface area contributed by atoms with Crippen LogP contribution in [0.4, 0.5) is 0 Å². The Hall–Kier alpha value is -0.550. The second-order valence-electron chi connectivity index (χ2n) is 2.96. The molecule has 0 N–H and O–H groups in total. The van der Waals surface area contributed by atoms with Crippen LogP contribution in [0.2, 0.25) is 8.67 Å². The van der Waals surface area contributed by atoms with E-state index in [1.54, 1.807) is 11.3 Å². The molecule has 15 heavy (non-hydrogen) atoms. The van der Waals surface area contributed by atoms with E-state index in [-0.39, 0.29) is 0 Å². The van der Waals surface area contributed by atoms with Gasteiger partial charge in [-0.25, -0.2) is 4.98 Å². The van der Waals surface area contributed by atoms with Crippen molar-refractivity contribution in [3.63, 3.8) is 0 Å². The van der Waals surface area contributed by atoms with Crippen molar-refractivity contribution in [2.75, 3.05) is 0 Å². The number of aromatic nitrogens is 2. The van der Waals surface area contributed by atoms with Crippen molar-refractivity contribution in [2.24, 2.45) is 0 Å². The lowest BCUT2D eigenvalue weighted by Gasteiger charge is -1.89. The summed E-state index contributed by atoms with van der Waals surface area (Å²) in [6, 6.07) is 1.85. The van der Waals surface area contributed by atoms with Gasteiger partial charge in [-0.1, -0.05) is 23.2 Å². The normalized spacial score (nSPS) is 11.3. The Morgan fingerprint density at radius 2 is 2.20 bits per heavy atom. The van der Waals surface area contributed by atoms with Crippen LogP contribution in [0.1, 0.15) is 0 Å². The first kappa shape index (κ1) is 9.66. The largest absolute Gasteiger partial charge is 0.297 e. The third-order valence-electron chi connectivity index (χ3n) is 2.03. The van der Waals surface area contributed by atoms with E-state index >= 15 is 0 Å². The molecule has 0 fully saturated rings. The lowest BCUT2D eigenvalue weighted by molar-refractivity contribution is 1.23. The molecule has 0 saturated heterocycles. The molecular formula is C9H4Cl2N2S2. The predicted octanol–water partition coefficient (Wildman–Crippen LogP) is 4.43. The van der Waals surface area contributed by atoms with Crippen LogP contribution in [0.3, 0.4) is 0 Å². The standard InChI is InChI=1S/C9H4Cl2N2S2/c10-7-3-5(8(11)15-7)6-4-13-1-2-14-9(13)12-6/h1-4H. The van der Waals surface area contributed by atoms with E-state index in [1.165, 1.54) is 11.3 Å². The molecule has 3 aromatic heterocycles. The van der Waals surface area contributed by atoms with Crippen LogP contribution in [0.25, 0.3) is 16.2 Å². The van der Waals surface area contributed by atoms with Gasteiger partial charge in [-0.2, -0.15) is 0 Å². The first-order valence-electron chi connectivity index (χ1n) is 4.11. The van der Waals surface area contributed by atoms with Crippen LogP contribution in [0.15, 0.2) is 23.8 Å². The Kier molecular flexibility index (Phi) is 2.25. The van der Waals surface area contributed by atoms with Gasteiger partial charge in [0.1, 0.15) is 4.34 Å². The molecule has 3 aromatic rings.